The molecule has 88 valence electrons. The number of ether oxygens (including phenoxy) is 1. The van der Waals surface area contributed by atoms with Crippen molar-refractivity contribution in [3.05, 3.63) is 29.1 Å². The van der Waals surface area contributed by atoms with Gasteiger partial charge in [-0.05, 0) is 56.6 Å². The zero-order valence-corrected chi connectivity index (χ0v) is 10.1. The van der Waals surface area contributed by atoms with Crippen molar-refractivity contribution >= 4 is 0 Å². The molecule has 0 saturated carbocycles. The highest BCUT2D eigenvalue weighted by Gasteiger charge is 2.21. The molecule has 0 N–H and O–H groups in total. The lowest BCUT2D eigenvalue weighted by molar-refractivity contribution is 0.267. The fraction of sp³-hybridized carbons (Fsp3) is 0.538. The fourth-order valence-electron chi connectivity index (χ4n) is 2.33. The first kappa shape index (κ1) is 11.4. The number of halogens is 1. The van der Waals surface area contributed by atoms with Crippen molar-refractivity contribution in [1.82, 2.24) is 4.90 Å². The van der Waals surface area contributed by atoms with Gasteiger partial charge in [0.1, 0.15) is 0 Å². The Morgan fingerprint density at radius 2 is 2.06 bits per heavy atom. The Morgan fingerprint density at radius 3 is 2.69 bits per heavy atom. The predicted octanol–water partition coefficient (Wildman–Crippen LogP) is 2.25. The summed E-state index contributed by atoms with van der Waals surface area (Å²) in [5.74, 6) is 0.114. The highest BCUT2D eigenvalue weighted by atomic mass is 19.1. The van der Waals surface area contributed by atoms with Crippen LogP contribution in [0.4, 0.5) is 4.39 Å². The molecule has 0 saturated heterocycles. The molecule has 0 aromatic heterocycles. The normalized spacial score (nSPS) is 19.7. The zero-order chi connectivity index (χ0) is 11.7. The molecular weight excluding hydrogens is 205 g/mol. The molecule has 1 atom stereocenters. The van der Waals surface area contributed by atoms with Gasteiger partial charge in [-0.25, -0.2) is 4.39 Å². The van der Waals surface area contributed by atoms with E-state index >= 15 is 0 Å². The van der Waals surface area contributed by atoms with Crippen LogP contribution in [0.3, 0.4) is 0 Å². The summed E-state index contributed by atoms with van der Waals surface area (Å²) in [7, 11) is 5.70. The predicted molar refractivity (Wildman–Crippen MR) is 62.5 cm³/mol. The average molecular weight is 223 g/mol. The number of likely N-dealkylation sites (N-methyl/N-ethyl adjacent to an activating group) is 1. The molecule has 2 rings (SSSR count). The summed E-state index contributed by atoms with van der Waals surface area (Å²) in [6.45, 7) is 0. The standard InChI is InChI=1S/C13H18FNO/c1-15(2)11-5-4-9-7-12(14)13(16-3)8-10(9)6-11/h7-8,11H,4-6H2,1-3H3/t11-/m0/s1. The molecule has 0 unspecified atom stereocenters. The Kier molecular flexibility index (Phi) is 3.15. The molecule has 3 heteroatoms. The molecule has 0 aliphatic heterocycles. The number of fused-ring (bicyclic) bond motifs is 1. The van der Waals surface area contributed by atoms with E-state index in [1.807, 2.05) is 6.07 Å². The van der Waals surface area contributed by atoms with Crippen LogP contribution in [0.15, 0.2) is 12.1 Å². The molecule has 0 radical (unpaired) electrons. The topological polar surface area (TPSA) is 12.5 Å². The van der Waals surface area contributed by atoms with Crippen LogP contribution in [-0.2, 0) is 12.8 Å². The monoisotopic (exact) mass is 223 g/mol. The van der Waals surface area contributed by atoms with Crippen molar-refractivity contribution in [2.45, 2.75) is 25.3 Å². The summed E-state index contributed by atoms with van der Waals surface area (Å²) in [5, 5.41) is 0. The average Bonchev–Trinajstić information content (AvgIpc) is 2.27. The molecular formula is C13H18FNO. The summed E-state index contributed by atoms with van der Waals surface area (Å²) in [6.07, 6.45) is 3.05. The molecule has 1 aromatic rings. The van der Waals surface area contributed by atoms with Gasteiger partial charge in [0.25, 0.3) is 0 Å². The van der Waals surface area contributed by atoms with Gasteiger partial charge >= 0.3 is 0 Å². The van der Waals surface area contributed by atoms with Crippen molar-refractivity contribution < 1.29 is 9.13 Å². The maximum Gasteiger partial charge on any atom is 0.165 e. The Hall–Kier alpha value is -1.09. The first-order valence-corrected chi connectivity index (χ1v) is 5.63. The van der Waals surface area contributed by atoms with Crippen LogP contribution in [0.2, 0.25) is 0 Å². The summed E-state index contributed by atoms with van der Waals surface area (Å²) >= 11 is 0. The van der Waals surface area contributed by atoms with E-state index in [4.69, 9.17) is 4.74 Å². The largest absolute Gasteiger partial charge is 0.494 e. The number of methoxy groups -OCH3 is 1. The van der Waals surface area contributed by atoms with Gasteiger partial charge < -0.3 is 9.64 Å². The third-order valence-corrected chi connectivity index (χ3v) is 3.41. The zero-order valence-electron chi connectivity index (χ0n) is 10.1. The number of benzene rings is 1. The first-order chi connectivity index (χ1) is 7.61. The van der Waals surface area contributed by atoms with Crippen molar-refractivity contribution in [1.29, 1.82) is 0 Å². The minimum absolute atomic E-state index is 0.246. The van der Waals surface area contributed by atoms with Crippen LogP contribution >= 0.6 is 0 Å². The molecule has 16 heavy (non-hydrogen) atoms. The maximum absolute atomic E-state index is 13.5. The van der Waals surface area contributed by atoms with E-state index in [9.17, 15) is 4.39 Å². The third-order valence-electron chi connectivity index (χ3n) is 3.41. The number of hydrogen-bond donors (Lipinski definition) is 0. The highest BCUT2D eigenvalue weighted by molar-refractivity contribution is 5.39. The molecule has 1 aliphatic rings. The first-order valence-electron chi connectivity index (χ1n) is 5.63. The van der Waals surface area contributed by atoms with Gasteiger partial charge in [-0.15, -0.1) is 0 Å². The SMILES string of the molecule is COc1cc2c(cc1F)CC[C@H](N(C)C)C2. The van der Waals surface area contributed by atoms with Crippen LogP contribution in [0.1, 0.15) is 17.5 Å². The van der Waals surface area contributed by atoms with E-state index < -0.39 is 0 Å². The number of nitrogens with zero attached hydrogens (tertiary/aromatic N) is 1. The number of hydrogen-bond acceptors (Lipinski definition) is 2. The third kappa shape index (κ3) is 2.05. The van der Waals surface area contributed by atoms with E-state index in [2.05, 4.69) is 19.0 Å². The molecule has 1 aliphatic carbocycles. The van der Waals surface area contributed by atoms with Gasteiger partial charge in [-0.2, -0.15) is 0 Å². The summed E-state index contributed by atoms with van der Waals surface area (Å²) in [6, 6.07) is 4.03. The number of aryl methyl sites for hydroxylation is 1. The second-order valence-corrected chi connectivity index (χ2v) is 4.62. The van der Waals surface area contributed by atoms with Crippen LogP contribution < -0.4 is 4.74 Å². The molecule has 0 amide bonds. The second-order valence-electron chi connectivity index (χ2n) is 4.62. The minimum atomic E-state index is -0.246. The maximum atomic E-state index is 13.5. The van der Waals surface area contributed by atoms with Gasteiger partial charge in [-0.3, -0.25) is 0 Å². The van der Waals surface area contributed by atoms with Crippen molar-refractivity contribution in [3.8, 4) is 5.75 Å². The van der Waals surface area contributed by atoms with Crippen molar-refractivity contribution in [2.24, 2.45) is 0 Å². The van der Waals surface area contributed by atoms with Crippen molar-refractivity contribution in [2.75, 3.05) is 21.2 Å². The highest BCUT2D eigenvalue weighted by Crippen LogP contribution is 2.29. The minimum Gasteiger partial charge on any atom is -0.494 e. The van der Waals surface area contributed by atoms with Gasteiger partial charge in [-0.1, -0.05) is 0 Å². The lowest BCUT2D eigenvalue weighted by atomic mass is 9.87. The summed E-state index contributed by atoms with van der Waals surface area (Å²) in [4.78, 5) is 2.23. The Morgan fingerprint density at radius 1 is 1.31 bits per heavy atom. The van der Waals surface area contributed by atoms with Crippen LogP contribution in [0.5, 0.6) is 5.75 Å². The van der Waals surface area contributed by atoms with E-state index in [1.54, 1.807) is 6.07 Å². The Balaban J connectivity index is 2.30. The van der Waals surface area contributed by atoms with Crippen LogP contribution in [0, 0.1) is 5.82 Å². The second kappa shape index (κ2) is 4.42. The number of rotatable bonds is 2. The molecule has 0 fully saturated rings. The van der Waals surface area contributed by atoms with Crippen LogP contribution in [-0.4, -0.2) is 32.1 Å². The Bertz CT molecular complexity index is 390. The van der Waals surface area contributed by atoms with Gasteiger partial charge in [0.15, 0.2) is 11.6 Å². The lowest BCUT2D eigenvalue weighted by Crippen LogP contribution is -2.33. The summed E-state index contributed by atoms with van der Waals surface area (Å²) in [5.41, 5.74) is 2.36. The smallest absolute Gasteiger partial charge is 0.165 e. The van der Waals surface area contributed by atoms with Gasteiger partial charge in [0, 0.05) is 6.04 Å². The van der Waals surface area contributed by atoms with Gasteiger partial charge in [0.05, 0.1) is 7.11 Å². The lowest BCUT2D eigenvalue weighted by Gasteiger charge is -2.30. The van der Waals surface area contributed by atoms with Gasteiger partial charge in [0.2, 0.25) is 0 Å². The van der Waals surface area contributed by atoms with Crippen LogP contribution in [0.25, 0.3) is 0 Å². The van der Waals surface area contributed by atoms with E-state index in [0.29, 0.717) is 11.8 Å². The molecule has 2 nitrogen and oxygen atoms in total. The molecule has 0 bridgehead atoms. The van der Waals surface area contributed by atoms with E-state index in [-0.39, 0.29) is 5.82 Å². The molecule has 0 heterocycles. The summed E-state index contributed by atoms with van der Waals surface area (Å²) < 4.78 is 18.5. The Labute approximate surface area is 96.0 Å². The molecule has 0 spiro atoms. The quantitative estimate of drug-likeness (QED) is 0.762. The van der Waals surface area contributed by atoms with E-state index in [0.717, 1.165) is 24.8 Å². The van der Waals surface area contributed by atoms with Crippen molar-refractivity contribution in [3.63, 3.8) is 0 Å². The van der Waals surface area contributed by atoms with E-state index in [1.165, 1.54) is 12.7 Å². The molecule has 1 aromatic carbocycles. The fourth-order valence-corrected chi connectivity index (χ4v) is 2.33.